The number of pyridine rings is 1. The van der Waals surface area contributed by atoms with Crippen molar-refractivity contribution in [2.75, 3.05) is 11.9 Å². The van der Waals surface area contributed by atoms with E-state index in [0.717, 1.165) is 0 Å². The molecule has 1 atom stereocenters. The number of carbonyl (C=O) groups excluding carboxylic acids is 1. The van der Waals surface area contributed by atoms with Crippen LogP contribution in [-0.4, -0.2) is 28.5 Å². The zero-order valence-corrected chi connectivity index (χ0v) is 10.6. The molecule has 0 saturated carbocycles. The number of aromatic nitrogens is 1. The monoisotopic (exact) mass is 273 g/mol. The van der Waals surface area contributed by atoms with Crippen molar-refractivity contribution in [3.8, 4) is 0 Å². The lowest BCUT2D eigenvalue weighted by atomic mass is 10.3. The largest absolute Gasteiger partial charge is 0.464 e. The Morgan fingerprint density at radius 2 is 2.33 bits per heavy atom. The van der Waals surface area contributed by atoms with Gasteiger partial charge in [-0.25, -0.2) is 9.78 Å². The van der Waals surface area contributed by atoms with Gasteiger partial charge in [-0.2, -0.15) is 0 Å². The van der Waals surface area contributed by atoms with E-state index in [1.165, 1.54) is 19.1 Å². The summed E-state index contributed by atoms with van der Waals surface area (Å²) in [6.45, 7) is 3.42. The quantitative estimate of drug-likeness (QED) is 0.382. The molecule has 0 radical (unpaired) electrons. The third kappa shape index (κ3) is 3.56. The van der Waals surface area contributed by atoms with Gasteiger partial charge in [-0.05, 0) is 19.9 Å². The van der Waals surface area contributed by atoms with Gasteiger partial charge in [-0.3, -0.25) is 10.1 Å². The Labute approximate surface area is 108 Å². The first kappa shape index (κ1) is 14.2. The van der Waals surface area contributed by atoms with Gasteiger partial charge in [-0.15, -0.1) is 0 Å². The van der Waals surface area contributed by atoms with Gasteiger partial charge >= 0.3 is 11.7 Å². The van der Waals surface area contributed by atoms with E-state index >= 15 is 0 Å². The van der Waals surface area contributed by atoms with E-state index in [-0.39, 0.29) is 23.3 Å². The molecule has 0 aromatic carbocycles. The van der Waals surface area contributed by atoms with Crippen molar-refractivity contribution in [3.05, 3.63) is 27.4 Å². The Morgan fingerprint density at radius 1 is 1.67 bits per heavy atom. The predicted octanol–water partition coefficient (Wildman–Crippen LogP) is 2.01. The summed E-state index contributed by atoms with van der Waals surface area (Å²) in [5.41, 5.74) is -0.254. The molecule has 0 amide bonds. The van der Waals surface area contributed by atoms with Gasteiger partial charge in [0.2, 0.25) is 5.82 Å². The topological polar surface area (TPSA) is 94.4 Å². The molecule has 0 bridgehead atoms. The average Bonchev–Trinajstić information content (AvgIpc) is 2.28. The number of hydrogen-bond donors (Lipinski definition) is 1. The van der Waals surface area contributed by atoms with Crippen LogP contribution in [0.15, 0.2) is 12.1 Å². The summed E-state index contributed by atoms with van der Waals surface area (Å²) in [6, 6.07) is 1.77. The van der Waals surface area contributed by atoms with Gasteiger partial charge in [0.1, 0.15) is 11.2 Å². The number of nitrogens with one attached hydrogen (secondary N) is 1. The molecule has 1 aromatic rings. The van der Waals surface area contributed by atoms with Gasteiger partial charge in [0.15, 0.2) is 0 Å². The first-order valence-corrected chi connectivity index (χ1v) is 5.57. The van der Waals surface area contributed by atoms with E-state index < -0.39 is 16.9 Å². The molecule has 98 valence electrons. The molecule has 1 heterocycles. The van der Waals surface area contributed by atoms with Crippen LogP contribution in [0.1, 0.15) is 13.8 Å². The van der Waals surface area contributed by atoms with Crippen LogP contribution in [0.2, 0.25) is 5.15 Å². The number of nitro groups is 1. The van der Waals surface area contributed by atoms with Crippen molar-refractivity contribution in [2.45, 2.75) is 19.9 Å². The minimum absolute atomic E-state index is 0.0620. The summed E-state index contributed by atoms with van der Waals surface area (Å²) in [7, 11) is 0. The van der Waals surface area contributed by atoms with Crippen molar-refractivity contribution in [2.24, 2.45) is 0 Å². The minimum Gasteiger partial charge on any atom is -0.464 e. The number of nitrogens with zero attached hydrogens (tertiary/aromatic N) is 2. The molecule has 0 aliphatic carbocycles. The predicted molar refractivity (Wildman–Crippen MR) is 65.6 cm³/mol. The number of ether oxygens (including phenoxy) is 1. The lowest BCUT2D eigenvalue weighted by Gasteiger charge is -2.13. The Hall–Kier alpha value is -1.89. The van der Waals surface area contributed by atoms with E-state index in [1.807, 2.05) is 0 Å². The Kier molecular flexibility index (Phi) is 4.85. The third-order valence-corrected chi connectivity index (χ3v) is 2.24. The highest BCUT2D eigenvalue weighted by Crippen LogP contribution is 2.24. The lowest BCUT2D eigenvalue weighted by Crippen LogP contribution is -2.28. The van der Waals surface area contributed by atoms with Crippen LogP contribution in [-0.2, 0) is 9.53 Å². The summed E-state index contributed by atoms with van der Waals surface area (Å²) >= 11 is 5.66. The zero-order valence-electron chi connectivity index (χ0n) is 9.84. The van der Waals surface area contributed by atoms with E-state index in [0.29, 0.717) is 0 Å². The summed E-state index contributed by atoms with van der Waals surface area (Å²) in [5.74, 6) is -0.582. The minimum atomic E-state index is -0.755. The number of carbonyl (C=O) groups is 1. The maximum absolute atomic E-state index is 11.4. The molecule has 8 heteroatoms. The second-order valence-electron chi connectivity index (χ2n) is 3.38. The van der Waals surface area contributed by atoms with Gasteiger partial charge < -0.3 is 10.1 Å². The summed E-state index contributed by atoms with van der Waals surface area (Å²) in [6.07, 6.45) is 0. The molecular weight excluding hydrogens is 262 g/mol. The first-order chi connectivity index (χ1) is 8.45. The maximum atomic E-state index is 11.4. The second-order valence-corrected chi connectivity index (χ2v) is 3.76. The molecule has 0 spiro atoms. The highest BCUT2D eigenvalue weighted by atomic mass is 35.5. The van der Waals surface area contributed by atoms with Crippen LogP contribution in [0.4, 0.5) is 11.5 Å². The average molecular weight is 274 g/mol. The van der Waals surface area contributed by atoms with Crippen molar-refractivity contribution in [1.82, 2.24) is 4.98 Å². The number of esters is 1. The molecule has 1 unspecified atom stereocenters. The van der Waals surface area contributed by atoms with Crippen molar-refractivity contribution < 1.29 is 14.5 Å². The fourth-order valence-electron chi connectivity index (χ4n) is 1.21. The fraction of sp³-hybridized carbons (Fsp3) is 0.400. The van der Waals surface area contributed by atoms with E-state index in [9.17, 15) is 14.9 Å². The maximum Gasteiger partial charge on any atom is 0.328 e. The van der Waals surface area contributed by atoms with Crippen LogP contribution in [0.25, 0.3) is 0 Å². The van der Waals surface area contributed by atoms with E-state index in [2.05, 4.69) is 10.3 Å². The molecular formula is C10H12ClN3O4. The number of hydrogen-bond acceptors (Lipinski definition) is 6. The standard InChI is InChI=1S/C10H12ClN3O4/c1-3-18-10(15)6(2)12-9-7(14(16)17)4-5-8(11)13-9/h4-6H,3H2,1-2H3,(H,12,13). The van der Waals surface area contributed by atoms with Gasteiger partial charge in [0, 0.05) is 6.07 Å². The lowest BCUT2D eigenvalue weighted by molar-refractivity contribution is -0.384. The molecule has 1 aromatic heterocycles. The Balaban J connectivity index is 2.92. The fourth-order valence-corrected chi connectivity index (χ4v) is 1.36. The third-order valence-electron chi connectivity index (χ3n) is 2.03. The molecule has 7 nitrogen and oxygen atoms in total. The highest BCUT2D eigenvalue weighted by molar-refractivity contribution is 6.29. The highest BCUT2D eigenvalue weighted by Gasteiger charge is 2.21. The van der Waals surface area contributed by atoms with Gasteiger partial charge in [0.25, 0.3) is 0 Å². The van der Waals surface area contributed by atoms with Crippen molar-refractivity contribution >= 4 is 29.1 Å². The number of anilines is 1. The van der Waals surface area contributed by atoms with Crippen LogP contribution < -0.4 is 5.32 Å². The van der Waals surface area contributed by atoms with Crippen LogP contribution in [0, 0.1) is 10.1 Å². The summed E-state index contributed by atoms with van der Waals surface area (Å²) in [5, 5.41) is 13.5. The Morgan fingerprint density at radius 3 is 2.89 bits per heavy atom. The molecule has 0 saturated heterocycles. The molecule has 1 N–H and O–H groups in total. The molecule has 18 heavy (non-hydrogen) atoms. The van der Waals surface area contributed by atoms with Crippen molar-refractivity contribution in [3.63, 3.8) is 0 Å². The van der Waals surface area contributed by atoms with Crippen LogP contribution in [0.5, 0.6) is 0 Å². The normalized spacial score (nSPS) is 11.7. The number of rotatable bonds is 5. The van der Waals surface area contributed by atoms with E-state index in [4.69, 9.17) is 16.3 Å². The first-order valence-electron chi connectivity index (χ1n) is 5.19. The van der Waals surface area contributed by atoms with Gasteiger partial charge in [0.05, 0.1) is 11.5 Å². The SMILES string of the molecule is CCOC(=O)C(C)Nc1nc(Cl)ccc1[N+](=O)[O-]. The summed E-state index contributed by atoms with van der Waals surface area (Å²) < 4.78 is 4.77. The van der Waals surface area contributed by atoms with Crippen LogP contribution in [0.3, 0.4) is 0 Å². The van der Waals surface area contributed by atoms with Gasteiger partial charge in [-0.1, -0.05) is 11.6 Å². The molecule has 0 fully saturated rings. The Bertz CT molecular complexity index is 466. The smallest absolute Gasteiger partial charge is 0.328 e. The second kappa shape index (κ2) is 6.15. The molecule has 1 rings (SSSR count). The zero-order chi connectivity index (χ0) is 13.7. The number of halogens is 1. The van der Waals surface area contributed by atoms with Crippen molar-refractivity contribution in [1.29, 1.82) is 0 Å². The molecule has 0 aliphatic heterocycles. The van der Waals surface area contributed by atoms with E-state index in [1.54, 1.807) is 6.92 Å². The van der Waals surface area contributed by atoms with Crippen LogP contribution >= 0.6 is 11.6 Å². The molecule has 0 aliphatic rings. The summed E-state index contributed by atoms with van der Waals surface area (Å²) in [4.78, 5) is 25.3.